The Balaban J connectivity index is 1.53. The minimum absolute atomic E-state index is 0.110. The molecule has 2 saturated heterocycles. The van der Waals surface area contributed by atoms with E-state index in [1.165, 1.54) is 0 Å². The minimum Gasteiger partial charge on any atom is -0.491 e. The van der Waals surface area contributed by atoms with Gasteiger partial charge in [0.25, 0.3) is 5.91 Å². The molecule has 0 N–H and O–H groups in total. The Hall–Kier alpha value is -1.59. The first-order valence-electron chi connectivity index (χ1n) is 8.04. The van der Waals surface area contributed by atoms with Crippen LogP contribution in [0.15, 0.2) is 24.3 Å². The number of hydrogen-bond donors (Lipinski definition) is 0. The highest BCUT2D eigenvalue weighted by Gasteiger charge is 2.20. The lowest BCUT2D eigenvalue weighted by Crippen LogP contribution is -2.47. The second-order valence-corrected chi connectivity index (χ2v) is 6.07. The molecule has 2 heterocycles. The lowest BCUT2D eigenvalue weighted by Gasteiger charge is -2.32. The van der Waals surface area contributed by atoms with Crippen LogP contribution in [0.1, 0.15) is 23.2 Å². The maximum Gasteiger partial charge on any atom is 0.253 e. The molecule has 0 aliphatic carbocycles. The van der Waals surface area contributed by atoms with Gasteiger partial charge in [-0.25, -0.2) is 0 Å². The van der Waals surface area contributed by atoms with E-state index < -0.39 is 0 Å². The van der Waals surface area contributed by atoms with E-state index >= 15 is 0 Å². The third kappa shape index (κ3) is 3.78. The van der Waals surface area contributed by atoms with Crippen molar-refractivity contribution in [3.8, 4) is 5.75 Å². The highest BCUT2D eigenvalue weighted by atomic mass is 16.5. The Morgan fingerprint density at radius 2 is 1.95 bits per heavy atom. The molecule has 2 fully saturated rings. The van der Waals surface area contributed by atoms with Crippen LogP contribution in [0.5, 0.6) is 5.75 Å². The summed E-state index contributed by atoms with van der Waals surface area (Å²) in [5.41, 5.74) is 0.731. The summed E-state index contributed by atoms with van der Waals surface area (Å²) >= 11 is 0. The van der Waals surface area contributed by atoms with E-state index in [9.17, 15) is 4.79 Å². The van der Waals surface area contributed by atoms with Gasteiger partial charge in [-0.1, -0.05) is 0 Å². The van der Waals surface area contributed by atoms with Crippen LogP contribution < -0.4 is 4.74 Å². The maximum atomic E-state index is 12.4. The summed E-state index contributed by atoms with van der Waals surface area (Å²) < 4.78 is 11.3. The van der Waals surface area contributed by atoms with Crippen LogP contribution >= 0.6 is 0 Å². The maximum absolute atomic E-state index is 12.4. The lowest BCUT2D eigenvalue weighted by atomic mass is 10.1. The SMILES string of the molecule is CN1CCN(C(=O)c2ccc(OCC3CCCO3)cc2)CC1. The largest absolute Gasteiger partial charge is 0.491 e. The minimum atomic E-state index is 0.110. The third-order valence-corrected chi connectivity index (χ3v) is 4.35. The van der Waals surface area contributed by atoms with Crippen LogP contribution in [0.2, 0.25) is 0 Å². The van der Waals surface area contributed by atoms with E-state index in [0.717, 1.165) is 56.9 Å². The van der Waals surface area contributed by atoms with Crippen LogP contribution in [0.3, 0.4) is 0 Å². The fraction of sp³-hybridized carbons (Fsp3) is 0.588. The van der Waals surface area contributed by atoms with Gasteiger partial charge in [0, 0.05) is 38.3 Å². The molecule has 1 amide bonds. The number of hydrogen-bond acceptors (Lipinski definition) is 4. The van der Waals surface area contributed by atoms with E-state index in [-0.39, 0.29) is 12.0 Å². The number of carbonyl (C=O) groups is 1. The summed E-state index contributed by atoms with van der Waals surface area (Å²) in [6.45, 7) is 4.90. The standard InChI is InChI=1S/C17H24N2O3/c1-18-8-10-19(11-9-18)17(20)14-4-6-15(7-5-14)22-13-16-3-2-12-21-16/h4-7,16H,2-3,8-13H2,1H3. The van der Waals surface area contributed by atoms with Crippen molar-refractivity contribution < 1.29 is 14.3 Å². The number of likely N-dealkylation sites (N-methyl/N-ethyl adjacent to an activating group) is 1. The number of nitrogens with zero attached hydrogens (tertiary/aromatic N) is 2. The number of rotatable bonds is 4. The van der Waals surface area contributed by atoms with Gasteiger partial charge in [-0.2, -0.15) is 0 Å². The van der Waals surface area contributed by atoms with Gasteiger partial charge < -0.3 is 19.3 Å². The zero-order valence-corrected chi connectivity index (χ0v) is 13.2. The van der Waals surface area contributed by atoms with Crippen molar-refractivity contribution in [3.63, 3.8) is 0 Å². The highest BCUT2D eigenvalue weighted by molar-refractivity contribution is 5.94. The van der Waals surface area contributed by atoms with Gasteiger partial charge in [-0.05, 0) is 44.2 Å². The highest BCUT2D eigenvalue weighted by Crippen LogP contribution is 2.17. The fourth-order valence-electron chi connectivity index (χ4n) is 2.85. The van der Waals surface area contributed by atoms with Crippen LogP contribution in [-0.2, 0) is 4.74 Å². The van der Waals surface area contributed by atoms with Gasteiger partial charge in [-0.3, -0.25) is 4.79 Å². The first-order chi connectivity index (χ1) is 10.7. The average Bonchev–Trinajstić information content (AvgIpc) is 3.07. The smallest absolute Gasteiger partial charge is 0.253 e. The van der Waals surface area contributed by atoms with Gasteiger partial charge in [0.2, 0.25) is 0 Å². The number of amides is 1. The molecule has 1 atom stereocenters. The van der Waals surface area contributed by atoms with Crippen molar-refractivity contribution in [2.45, 2.75) is 18.9 Å². The normalized spacial score (nSPS) is 22.8. The van der Waals surface area contributed by atoms with Gasteiger partial charge >= 0.3 is 0 Å². The summed E-state index contributed by atoms with van der Waals surface area (Å²) in [6.07, 6.45) is 2.40. The van der Waals surface area contributed by atoms with Crippen LogP contribution in [0.25, 0.3) is 0 Å². The lowest BCUT2D eigenvalue weighted by molar-refractivity contribution is 0.0660. The zero-order chi connectivity index (χ0) is 15.4. The summed E-state index contributed by atoms with van der Waals surface area (Å²) in [6, 6.07) is 7.45. The first kappa shape index (κ1) is 15.3. The molecule has 5 nitrogen and oxygen atoms in total. The van der Waals surface area contributed by atoms with E-state index in [2.05, 4.69) is 11.9 Å². The number of carbonyl (C=O) groups excluding carboxylic acids is 1. The molecular formula is C17H24N2O3. The topological polar surface area (TPSA) is 42.0 Å². The van der Waals surface area contributed by atoms with E-state index in [4.69, 9.17) is 9.47 Å². The summed E-state index contributed by atoms with van der Waals surface area (Å²) in [7, 11) is 2.09. The Bertz CT molecular complexity index is 489. The quantitative estimate of drug-likeness (QED) is 0.848. The monoisotopic (exact) mass is 304 g/mol. The summed E-state index contributed by atoms with van der Waals surface area (Å²) in [4.78, 5) is 16.6. The first-order valence-corrected chi connectivity index (χ1v) is 8.04. The Morgan fingerprint density at radius 1 is 1.23 bits per heavy atom. The third-order valence-electron chi connectivity index (χ3n) is 4.35. The molecule has 0 saturated carbocycles. The predicted molar refractivity (Wildman–Crippen MR) is 84.3 cm³/mol. The molecule has 0 spiro atoms. The number of benzene rings is 1. The molecular weight excluding hydrogens is 280 g/mol. The van der Waals surface area contributed by atoms with Gasteiger partial charge in [-0.15, -0.1) is 0 Å². The van der Waals surface area contributed by atoms with Gasteiger partial charge in [0.1, 0.15) is 12.4 Å². The van der Waals surface area contributed by atoms with Crippen molar-refractivity contribution in [3.05, 3.63) is 29.8 Å². The van der Waals surface area contributed by atoms with E-state index in [1.807, 2.05) is 29.2 Å². The summed E-state index contributed by atoms with van der Waals surface area (Å²) in [5, 5.41) is 0. The predicted octanol–water partition coefficient (Wildman–Crippen LogP) is 1.63. The molecule has 1 aromatic carbocycles. The fourth-order valence-corrected chi connectivity index (χ4v) is 2.85. The molecule has 120 valence electrons. The molecule has 0 radical (unpaired) electrons. The molecule has 22 heavy (non-hydrogen) atoms. The Morgan fingerprint density at radius 3 is 2.59 bits per heavy atom. The molecule has 2 aliphatic rings. The average molecular weight is 304 g/mol. The van der Waals surface area contributed by atoms with Crippen LogP contribution in [0.4, 0.5) is 0 Å². The van der Waals surface area contributed by atoms with Crippen molar-refractivity contribution in [2.75, 3.05) is 46.4 Å². The Kier molecular flexibility index (Phi) is 4.95. The number of piperazine rings is 1. The molecule has 0 bridgehead atoms. The van der Waals surface area contributed by atoms with Crippen molar-refractivity contribution >= 4 is 5.91 Å². The molecule has 1 aromatic rings. The van der Waals surface area contributed by atoms with Crippen LogP contribution in [0, 0.1) is 0 Å². The molecule has 1 unspecified atom stereocenters. The summed E-state index contributed by atoms with van der Waals surface area (Å²) in [5.74, 6) is 0.907. The zero-order valence-electron chi connectivity index (χ0n) is 13.2. The van der Waals surface area contributed by atoms with Crippen molar-refractivity contribution in [1.82, 2.24) is 9.80 Å². The Labute approximate surface area is 131 Å². The molecule has 5 heteroatoms. The van der Waals surface area contributed by atoms with Gasteiger partial charge in [0.15, 0.2) is 0 Å². The van der Waals surface area contributed by atoms with E-state index in [1.54, 1.807) is 0 Å². The van der Waals surface area contributed by atoms with Crippen LogP contribution in [-0.4, -0.2) is 68.3 Å². The number of ether oxygens (including phenoxy) is 2. The second kappa shape index (κ2) is 7.11. The second-order valence-electron chi connectivity index (χ2n) is 6.07. The molecule has 2 aliphatic heterocycles. The van der Waals surface area contributed by atoms with Crippen molar-refractivity contribution in [2.24, 2.45) is 0 Å². The molecule has 3 rings (SSSR count). The van der Waals surface area contributed by atoms with Gasteiger partial charge in [0.05, 0.1) is 6.10 Å². The van der Waals surface area contributed by atoms with Crippen molar-refractivity contribution in [1.29, 1.82) is 0 Å². The van der Waals surface area contributed by atoms with E-state index in [0.29, 0.717) is 6.61 Å². The molecule has 0 aromatic heterocycles.